The number of hydrogen-bond acceptors (Lipinski definition) is 4. The molecule has 0 saturated heterocycles. The van der Waals surface area contributed by atoms with E-state index in [1.807, 2.05) is 25.1 Å². The quantitative estimate of drug-likeness (QED) is 0.750. The highest BCUT2D eigenvalue weighted by Crippen LogP contribution is 2.24. The second-order valence-electron chi connectivity index (χ2n) is 6.02. The summed E-state index contributed by atoms with van der Waals surface area (Å²) < 4.78 is 26.9. The van der Waals surface area contributed by atoms with Crippen LogP contribution in [0, 0.1) is 6.92 Å². The fourth-order valence-corrected chi connectivity index (χ4v) is 3.92. The van der Waals surface area contributed by atoms with E-state index in [0.29, 0.717) is 11.2 Å². The Morgan fingerprint density at radius 3 is 2.58 bits per heavy atom. The topological polar surface area (TPSA) is 79.4 Å². The molecule has 3 aromatic rings. The molecule has 7 heteroatoms. The number of amides is 1. The van der Waals surface area contributed by atoms with Gasteiger partial charge < -0.3 is 5.32 Å². The van der Waals surface area contributed by atoms with E-state index in [1.54, 1.807) is 36.5 Å². The van der Waals surface area contributed by atoms with E-state index in [0.717, 1.165) is 15.3 Å². The van der Waals surface area contributed by atoms with Crippen LogP contribution in [0.2, 0.25) is 0 Å². The van der Waals surface area contributed by atoms with Crippen molar-refractivity contribution >= 4 is 32.5 Å². The third kappa shape index (κ3) is 3.74. The highest BCUT2D eigenvalue weighted by molar-refractivity contribution is 7.89. The third-order valence-corrected chi connectivity index (χ3v) is 5.76. The summed E-state index contributed by atoms with van der Waals surface area (Å²) in [5.74, 6) is -0.411. The van der Waals surface area contributed by atoms with Gasteiger partial charge in [0, 0.05) is 24.3 Å². The Morgan fingerprint density at radius 1 is 1.12 bits per heavy atom. The Bertz CT molecular complexity index is 1050. The standard InChI is InChI=1S/C19H19N3O3S/c1-14-11-15-7-6-10-17(19(15)20-12-14)26(24,25)22(2)13-18(23)21-16-8-4-3-5-9-16/h3-12H,13H2,1-2H3,(H,21,23). The maximum atomic E-state index is 12.9. The average Bonchev–Trinajstić information content (AvgIpc) is 2.61. The second-order valence-corrected chi connectivity index (χ2v) is 8.03. The lowest BCUT2D eigenvalue weighted by Gasteiger charge is -2.18. The number of nitrogens with zero attached hydrogens (tertiary/aromatic N) is 2. The van der Waals surface area contributed by atoms with Gasteiger partial charge in [0.05, 0.1) is 12.1 Å². The lowest BCUT2D eigenvalue weighted by Crippen LogP contribution is -2.35. The Balaban J connectivity index is 1.85. The molecule has 134 valence electrons. The number of carbonyl (C=O) groups is 1. The van der Waals surface area contributed by atoms with Crippen molar-refractivity contribution in [2.45, 2.75) is 11.8 Å². The molecule has 6 nitrogen and oxygen atoms in total. The van der Waals surface area contributed by atoms with E-state index in [9.17, 15) is 13.2 Å². The zero-order valence-electron chi connectivity index (χ0n) is 14.5. The number of sulfonamides is 1. The van der Waals surface area contributed by atoms with Gasteiger partial charge in [0.15, 0.2) is 0 Å². The van der Waals surface area contributed by atoms with E-state index in [1.165, 1.54) is 13.1 Å². The number of benzene rings is 2. The molecule has 0 spiro atoms. The first-order chi connectivity index (χ1) is 12.4. The zero-order chi connectivity index (χ0) is 18.7. The van der Waals surface area contributed by atoms with Crippen LogP contribution in [0.4, 0.5) is 5.69 Å². The van der Waals surface area contributed by atoms with Crippen molar-refractivity contribution in [2.75, 3.05) is 18.9 Å². The van der Waals surface area contributed by atoms with Crippen molar-refractivity contribution in [3.8, 4) is 0 Å². The molecule has 1 amide bonds. The molecule has 3 rings (SSSR count). The number of carbonyl (C=O) groups excluding carboxylic acids is 1. The molecule has 0 fully saturated rings. The Morgan fingerprint density at radius 2 is 1.85 bits per heavy atom. The summed E-state index contributed by atoms with van der Waals surface area (Å²) in [5.41, 5.74) is 1.96. The summed E-state index contributed by atoms with van der Waals surface area (Å²) in [6.45, 7) is 1.60. The SMILES string of the molecule is Cc1cnc2c(S(=O)(=O)N(C)CC(=O)Nc3ccccc3)cccc2c1. The largest absolute Gasteiger partial charge is 0.325 e. The van der Waals surface area contributed by atoms with Gasteiger partial charge >= 0.3 is 0 Å². The molecule has 26 heavy (non-hydrogen) atoms. The summed E-state index contributed by atoms with van der Waals surface area (Å²) >= 11 is 0. The van der Waals surface area contributed by atoms with Gasteiger partial charge in [-0.1, -0.05) is 30.3 Å². The molecule has 0 atom stereocenters. The van der Waals surface area contributed by atoms with Gasteiger partial charge in [-0.3, -0.25) is 9.78 Å². The van der Waals surface area contributed by atoms with Crippen LogP contribution < -0.4 is 5.32 Å². The van der Waals surface area contributed by atoms with Gasteiger partial charge in [-0.15, -0.1) is 0 Å². The lowest BCUT2D eigenvalue weighted by atomic mass is 10.2. The van der Waals surface area contributed by atoms with Crippen molar-refractivity contribution in [3.63, 3.8) is 0 Å². The van der Waals surface area contributed by atoms with Crippen LogP contribution in [0.3, 0.4) is 0 Å². The average molecular weight is 369 g/mol. The molecular formula is C19H19N3O3S. The molecule has 1 heterocycles. The van der Waals surface area contributed by atoms with Crippen LogP contribution in [-0.2, 0) is 14.8 Å². The molecule has 0 radical (unpaired) electrons. The highest BCUT2D eigenvalue weighted by Gasteiger charge is 2.25. The number of anilines is 1. The highest BCUT2D eigenvalue weighted by atomic mass is 32.2. The van der Waals surface area contributed by atoms with Gasteiger partial charge in [0.2, 0.25) is 15.9 Å². The normalized spacial score (nSPS) is 11.7. The fraction of sp³-hybridized carbons (Fsp3) is 0.158. The number of nitrogens with one attached hydrogen (secondary N) is 1. The number of likely N-dealkylation sites (N-methyl/N-ethyl adjacent to an activating group) is 1. The Kier molecular flexibility index (Phi) is 5.01. The third-order valence-electron chi connectivity index (χ3n) is 3.92. The monoisotopic (exact) mass is 369 g/mol. The second kappa shape index (κ2) is 7.23. The van der Waals surface area contributed by atoms with Crippen LogP contribution in [0.25, 0.3) is 10.9 Å². The first-order valence-electron chi connectivity index (χ1n) is 8.04. The van der Waals surface area contributed by atoms with Crippen molar-refractivity contribution in [3.05, 3.63) is 66.4 Å². The van der Waals surface area contributed by atoms with Crippen molar-refractivity contribution in [1.29, 1.82) is 0 Å². The number of pyridine rings is 1. The number of hydrogen-bond donors (Lipinski definition) is 1. The van der Waals surface area contributed by atoms with Crippen LogP contribution >= 0.6 is 0 Å². The number of aryl methyl sites for hydroxylation is 1. The molecule has 0 bridgehead atoms. The molecule has 0 aliphatic heterocycles. The summed E-state index contributed by atoms with van der Waals surface area (Å²) in [6, 6.07) is 15.8. The first-order valence-corrected chi connectivity index (χ1v) is 9.48. The van der Waals surface area contributed by atoms with Gasteiger partial charge in [-0.2, -0.15) is 4.31 Å². The van der Waals surface area contributed by atoms with Gasteiger partial charge in [0.25, 0.3) is 0 Å². The van der Waals surface area contributed by atoms with Crippen LogP contribution in [0.15, 0.2) is 65.7 Å². The van der Waals surface area contributed by atoms with Crippen LogP contribution in [-0.4, -0.2) is 37.2 Å². The Hall–Kier alpha value is -2.77. The molecule has 2 aromatic carbocycles. The number of fused-ring (bicyclic) bond motifs is 1. The van der Waals surface area contributed by atoms with E-state index in [4.69, 9.17) is 0 Å². The van der Waals surface area contributed by atoms with Gasteiger partial charge in [0.1, 0.15) is 4.90 Å². The van der Waals surface area contributed by atoms with Crippen LogP contribution in [0.5, 0.6) is 0 Å². The van der Waals surface area contributed by atoms with Gasteiger partial charge in [-0.25, -0.2) is 8.42 Å². The van der Waals surface area contributed by atoms with Crippen molar-refractivity contribution < 1.29 is 13.2 Å². The molecule has 0 saturated carbocycles. The summed E-state index contributed by atoms with van der Waals surface area (Å²) in [7, 11) is -2.47. The van der Waals surface area contributed by atoms with E-state index in [-0.39, 0.29) is 11.4 Å². The predicted octanol–water partition coefficient (Wildman–Crippen LogP) is 2.80. The minimum Gasteiger partial charge on any atom is -0.325 e. The van der Waals surface area contributed by atoms with Crippen molar-refractivity contribution in [2.24, 2.45) is 0 Å². The molecule has 0 aliphatic carbocycles. The van der Waals surface area contributed by atoms with Crippen LogP contribution in [0.1, 0.15) is 5.56 Å². The predicted molar refractivity (Wildman–Crippen MR) is 101 cm³/mol. The summed E-state index contributed by atoms with van der Waals surface area (Å²) in [5, 5.41) is 3.42. The maximum Gasteiger partial charge on any atom is 0.245 e. The Labute approximate surface area is 152 Å². The molecule has 1 N–H and O–H groups in total. The molecular weight excluding hydrogens is 350 g/mol. The summed E-state index contributed by atoms with van der Waals surface area (Å²) in [4.78, 5) is 16.5. The molecule has 0 aliphatic rings. The van der Waals surface area contributed by atoms with E-state index in [2.05, 4.69) is 10.3 Å². The first kappa shape index (κ1) is 18.0. The fourth-order valence-electron chi connectivity index (χ4n) is 2.63. The minimum atomic E-state index is -3.86. The number of rotatable bonds is 5. The molecule has 0 unspecified atom stereocenters. The molecule has 1 aromatic heterocycles. The summed E-state index contributed by atoms with van der Waals surface area (Å²) in [6.07, 6.45) is 1.63. The minimum absolute atomic E-state index is 0.0880. The van der Waals surface area contributed by atoms with E-state index < -0.39 is 15.9 Å². The smallest absolute Gasteiger partial charge is 0.245 e. The lowest BCUT2D eigenvalue weighted by molar-refractivity contribution is -0.116. The van der Waals surface area contributed by atoms with Gasteiger partial charge in [-0.05, 0) is 36.8 Å². The van der Waals surface area contributed by atoms with E-state index >= 15 is 0 Å². The zero-order valence-corrected chi connectivity index (χ0v) is 15.3. The number of aromatic nitrogens is 1. The van der Waals surface area contributed by atoms with Crippen molar-refractivity contribution in [1.82, 2.24) is 9.29 Å². The maximum absolute atomic E-state index is 12.9. The number of para-hydroxylation sites is 2.